The maximum Gasteiger partial charge on any atom is 0.306 e. The van der Waals surface area contributed by atoms with Gasteiger partial charge in [0.15, 0.2) is 0 Å². The molecule has 4 rings (SSSR count). The van der Waals surface area contributed by atoms with Crippen molar-refractivity contribution < 1.29 is 19.1 Å². The summed E-state index contributed by atoms with van der Waals surface area (Å²) in [6.45, 7) is 11.4. The van der Waals surface area contributed by atoms with E-state index in [-0.39, 0.29) is 24.1 Å². The molecule has 4 heteroatoms. The molecule has 0 saturated heterocycles. The standard InChI is InChI=1S/C30H30O4/c1-5-19-15-22-10-9-21(17-24(22)16-20(19)6-2)23-11-12-25-26(18-23)28(34-30(32)8-4)14-13-27(25)33-29(31)7-3/h5-6,9-12,15-18,27-28H,1-2,7-8,13-14H2,3-4H3. The van der Waals surface area contributed by atoms with Gasteiger partial charge < -0.3 is 9.47 Å². The van der Waals surface area contributed by atoms with Crippen molar-refractivity contribution in [1.29, 1.82) is 0 Å². The highest BCUT2D eigenvalue weighted by Crippen LogP contribution is 2.42. The maximum absolute atomic E-state index is 12.1. The first-order valence-corrected chi connectivity index (χ1v) is 11.8. The van der Waals surface area contributed by atoms with Gasteiger partial charge in [0.1, 0.15) is 12.2 Å². The van der Waals surface area contributed by atoms with Gasteiger partial charge in [0, 0.05) is 12.8 Å². The summed E-state index contributed by atoms with van der Waals surface area (Å²) in [6, 6.07) is 16.7. The first-order valence-electron chi connectivity index (χ1n) is 11.8. The molecule has 0 aromatic heterocycles. The minimum atomic E-state index is -0.345. The largest absolute Gasteiger partial charge is 0.457 e. The topological polar surface area (TPSA) is 52.6 Å². The van der Waals surface area contributed by atoms with Crippen LogP contribution >= 0.6 is 0 Å². The number of benzene rings is 3. The average Bonchev–Trinajstić information content (AvgIpc) is 2.88. The number of hydrogen-bond acceptors (Lipinski definition) is 4. The Balaban J connectivity index is 1.77. The molecule has 0 spiro atoms. The maximum atomic E-state index is 12.1. The van der Waals surface area contributed by atoms with Crippen molar-refractivity contribution >= 4 is 34.9 Å². The minimum Gasteiger partial charge on any atom is -0.457 e. The average molecular weight is 455 g/mol. The molecule has 0 N–H and O–H groups in total. The molecule has 174 valence electrons. The Morgan fingerprint density at radius 1 is 0.765 bits per heavy atom. The van der Waals surface area contributed by atoms with Gasteiger partial charge in [0.05, 0.1) is 0 Å². The Bertz CT molecular complexity index is 1270. The van der Waals surface area contributed by atoms with E-state index in [0.29, 0.717) is 25.7 Å². The molecular weight excluding hydrogens is 424 g/mol. The van der Waals surface area contributed by atoms with Crippen LogP contribution in [0.2, 0.25) is 0 Å². The Labute approximate surface area is 200 Å². The SMILES string of the molecule is C=Cc1cc2ccc(-c3ccc4c(c3)C(OC(=O)CC)CCC4OC(=O)CC)cc2cc1C=C. The Hall–Kier alpha value is -3.66. The van der Waals surface area contributed by atoms with Crippen LogP contribution < -0.4 is 0 Å². The van der Waals surface area contributed by atoms with Gasteiger partial charge in [-0.25, -0.2) is 0 Å². The van der Waals surface area contributed by atoms with Crippen LogP contribution in [0.4, 0.5) is 0 Å². The van der Waals surface area contributed by atoms with Gasteiger partial charge in [-0.3, -0.25) is 9.59 Å². The molecule has 0 heterocycles. The molecule has 0 amide bonds. The Kier molecular flexibility index (Phi) is 6.97. The van der Waals surface area contributed by atoms with Crippen LogP contribution in [0.25, 0.3) is 34.1 Å². The van der Waals surface area contributed by atoms with Crippen LogP contribution in [0.15, 0.2) is 61.7 Å². The first kappa shape index (κ1) is 23.5. The molecule has 0 aliphatic heterocycles. The molecule has 3 aromatic rings. The smallest absolute Gasteiger partial charge is 0.306 e. The Morgan fingerprint density at radius 3 is 1.88 bits per heavy atom. The molecule has 1 aliphatic carbocycles. The second-order valence-electron chi connectivity index (χ2n) is 8.54. The third-order valence-corrected chi connectivity index (χ3v) is 6.41. The number of carbonyl (C=O) groups is 2. The second-order valence-corrected chi connectivity index (χ2v) is 8.54. The predicted molar refractivity (Wildman–Crippen MR) is 137 cm³/mol. The molecule has 34 heavy (non-hydrogen) atoms. The normalized spacial score (nSPS) is 17.0. The number of carbonyl (C=O) groups excluding carboxylic acids is 2. The van der Waals surface area contributed by atoms with E-state index in [0.717, 1.165) is 44.2 Å². The molecule has 0 fully saturated rings. The highest BCUT2D eigenvalue weighted by atomic mass is 16.6. The van der Waals surface area contributed by atoms with Crippen molar-refractivity contribution in [3.63, 3.8) is 0 Å². The van der Waals surface area contributed by atoms with Crippen LogP contribution in [0.5, 0.6) is 0 Å². The van der Waals surface area contributed by atoms with Gasteiger partial charge in [0.2, 0.25) is 0 Å². The summed E-state index contributed by atoms with van der Waals surface area (Å²) in [6.07, 6.45) is 4.91. The molecule has 4 nitrogen and oxygen atoms in total. The number of ether oxygens (including phenoxy) is 2. The molecule has 2 unspecified atom stereocenters. The lowest BCUT2D eigenvalue weighted by Crippen LogP contribution is -2.22. The molecule has 0 bridgehead atoms. The van der Waals surface area contributed by atoms with E-state index in [1.807, 2.05) is 24.3 Å². The van der Waals surface area contributed by atoms with Crippen molar-refractivity contribution in [3.05, 3.63) is 83.9 Å². The highest BCUT2D eigenvalue weighted by molar-refractivity contribution is 5.91. The third kappa shape index (κ3) is 4.67. The molecule has 3 aromatic carbocycles. The molecular formula is C30H30O4. The molecule has 2 atom stereocenters. The van der Waals surface area contributed by atoms with Crippen LogP contribution in [-0.4, -0.2) is 11.9 Å². The summed E-state index contributed by atoms with van der Waals surface area (Å²) in [4.78, 5) is 24.1. The fourth-order valence-corrected chi connectivity index (χ4v) is 4.53. The van der Waals surface area contributed by atoms with Crippen LogP contribution in [0, 0.1) is 0 Å². The molecule has 0 saturated carbocycles. The zero-order chi connectivity index (χ0) is 24.2. The fraction of sp³-hybridized carbons (Fsp3) is 0.267. The van der Waals surface area contributed by atoms with E-state index in [1.54, 1.807) is 13.8 Å². The lowest BCUT2D eigenvalue weighted by Gasteiger charge is -2.31. The van der Waals surface area contributed by atoms with E-state index in [9.17, 15) is 9.59 Å². The van der Waals surface area contributed by atoms with Crippen molar-refractivity contribution in [2.24, 2.45) is 0 Å². The monoisotopic (exact) mass is 454 g/mol. The second kappa shape index (κ2) is 10.1. The number of hydrogen-bond donors (Lipinski definition) is 0. The van der Waals surface area contributed by atoms with E-state index in [1.165, 1.54) is 0 Å². The lowest BCUT2D eigenvalue weighted by atomic mass is 9.84. The number of rotatable bonds is 7. The quantitative estimate of drug-likeness (QED) is 0.345. The van der Waals surface area contributed by atoms with Crippen LogP contribution in [0.1, 0.15) is 74.0 Å². The van der Waals surface area contributed by atoms with Crippen molar-refractivity contribution in [3.8, 4) is 11.1 Å². The van der Waals surface area contributed by atoms with Crippen molar-refractivity contribution in [2.45, 2.75) is 51.7 Å². The number of esters is 2. The van der Waals surface area contributed by atoms with Crippen LogP contribution in [-0.2, 0) is 19.1 Å². The molecule has 0 radical (unpaired) electrons. The van der Waals surface area contributed by atoms with Gasteiger partial charge in [-0.05, 0) is 81.3 Å². The van der Waals surface area contributed by atoms with Gasteiger partial charge in [0.25, 0.3) is 0 Å². The summed E-state index contributed by atoms with van der Waals surface area (Å²) in [7, 11) is 0. The summed E-state index contributed by atoms with van der Waals surface area (Å²) in [5.74, 6) is -0.457. The minimum absolute atomic E-state index is 0.226. The zero-order valence-corrected chi connectivity index (χ0v) is 19.8. The van der Waals surface area contributed by atoms with Gasteiger partial charge in [-0.2, -0.15) is 0 Å². The van der Waals surface area contributed by atoms with E-state index < -0.39 is 0 Å². The summed E-state index contributed by atoms with van der Waals surface area (Å²) < 4.78 is 11.5. The fourth-order valence-electron chi connectivity index (χ4n) is 4.53. The lowest BCUT2D eigenvalue weighted by molar-refractivity contribution is -0.155. The van der Waals surface area contributed by atoms with Gasteiger partial charge in [-0.15, -0.1) is 0 Å². The van der Waals surface area contributed by atoms with Crippen molar-refractivity contribution in [2.75, 3.05) is 0 Å². The summed E-state index contributed by atoms with van der Waals surface area (Å²) in [5, 5.41) is 2.24. The Morgan fingerprint density at radius 2 is 1.29 bits per heavy atom. The van der Waals surface area contributed by atoms with E-state index in [2.05, 4.69) is 49.6 Å². The third-order valence-electron chi connectivity index (χ3n) is 6.41. The number of fused-ring (bicyclic) bond motifs is 2. The highest BCUT2D eigenvalue weighted by Gasteiger charge is 2.31. The summed E-state index contributed by atoms with van der Waals surface area (Å²) >= 11 is 0. The zero-order valence-electron chi connectivity index (χ0n) is 19.8. The first-order chi connectivity index (χ1) is 16.5. The van der Waals surface area contributed by atoms with E-state index >= 15 is 0 Å². The summed E-state index contributed by atoms with van der Waals surface area (Å²) in [5.41, 5.74) is 6.00. The van der Waals surface area contributed by atoms with Crippen molar-refractivity contribution in [1.82, 2.24) is 0 Å². The van der Waals surface area contributed by atoms with E-state index in [4.69, 9.17) is 9.47 Å². The molecule has 1 aliphatic rings. The van der Waals surface area contributed by atoms with Gasteiger partial charge in [-0.1, -0.05) is 63.4 Å². The van der Waals surface area contributed by atoms with Gasteiger partial charge >= 0.3 is 11.9 Å². The van der Waals surface area contributed by atoms with Crippen LogP contribution in [0.3, 0.4) is 0 Å². The predicted octanol–water partition coefficient (Wildman–Crippen LogP) is 7.58.